The molecule has 0 amide bonds. The number of rotatable bonds is 4. The van der Waals surface area contributed by atoms with Crippen LogP contribution in [0.3, 0.4) is 0 Å². The number of carbonyl (C=O) groups excluding carboxylic acids is 2. The van der Waals surface area contributed by atoms with Crippen molar-refractivity contribution in [2.45, 2.75) is 97.7 Å². The van der Waals surface area contributed by atoms with Crippen molar-refractivity contribution in [1.82, 2.24) is 0 Å². The average molecular weight is 425 g/mol. The van der Waals surface area contributed by atoms with Crippen LogP contribution >= 0.6 is 0 Å². The molecule has 0 bridgehead atoms. The Labute approximate surface area is 188 Å². The van der Waals surface area contributed by atoms with E-state index in [-0.39, 0.29) is 33.6 Å². The lowest BCUT2D eigenvalue weighted by Crippen LogP contribution is -2.58. The topological polar surface area (TPSA) is 46.7 Å². The first kappa shape index (κ1) is 21.6. The number of carbonyl (C=O) groups is 2. The van der Waals surface area contributed by atoms with E-state index in [2.05, 4.69) is 53.7 Å². The molecule has 8 atom stereocenters. The maximum Gasteiger partial charge on any atom is 0.162 e. The Morgan fingerprint density at radius 3 is 2.48 bits per heavy atom. The van der Waals surface area contributed by atoms with Gasteiger partial charge in [0.25, 0.3) is 0 Å². The summed E-state index contributed by atoms with van der Waals surface area (Å²) in [6.45, 7) is 14.0. The van der Waals surface area contributed by atoms with Gasteiger partial charge < -0.3 is 4.74 Å². The molecule has 0 aromatic rings. The molecule has 4 fully saturated rings. The smallest absolute Gasteiger partial charge is 0.162 e. The SMILES string of the molecule is CC(C)[C@@H](C)/C=C/[C@@H](C)[C@H]1CCC23OC24CC(=O)C2=CC(=O)CC[C@]2(C)[C@H]4CC[C@]13C. The predicted octanol–water partition coefficient (Wildman–Crippen LogP) is 6.07. The maximum absolute atomic E-state index is 13.3. The van der Waals surface area contributed by atoms with Crippen LogP contribution in [0.1, 0.15) is 86.5 Å². The van der Waals surface area contributed by atoms with E-state index < -0.39 is 0 Å². The molecule has 5 aliphatic rings. The summed E-state index contributed by atoms with van der Waals surface area (Å²) < 4.78 is 6.88. The fourth-order valence-electron chi connectivity index (χ4n) is 8.52. The number of hydrogen-bond donors (Lipinski definition) is 0. The molecule has 0 aromatic carbocycles. The van der Waals surface area contributed by atoms with Gasteiger partial charge in [0.1, 0.15) is 11.2 Å². The minimum absolute atomic E-state index is 0.126. The van der Waals surface area contributed by atoms with E-state index in [0.717, 1.165) is 24.8 Å². The van der Waals surface area contributed by atoms with Gasteiger partial charge in [-0.1, -0.05) is 53.7 Å². The highest BCUT2D eigenvalue weighted by atomic mass is 16.6. The second-order valence-corrected chi connectivity index (χ2v) is 12.4. The molecule has 2 unspecified atom stereocenters. The van der Waals surface area contributed by atoms with E-state index in [1.165, 1.54) is 12.8 Å². The normalized spacial score (nSPS) is 48.0. The number of epoxide rings is 1. The van der Waals surface area contributed by atoms with Crippen LogP contribution in [-0.2, 0) is 14.3 Å². The largest absolute Gasteiger partial charge is 0.361 e. The zero-order chi connectivity index (χ0) is 22.4. The maximum atomic E-state index is 13.3. The summed E-state index contributed by atoms with van der Waals surface area (Å²) in [5.41, 5.74) is 0.334. The van der Waals surface area contributed by atoms with E-state index in [1.807, 2.05) is 0 Å². The van der Waals surface area contributed by atoms with Gasteiger partial charge in [0.2, 0.25) is 0 Å². The summed E-state index contributed by atoms with van der Waals surface area (Å²) in [4.78, 5) is 25.4. The van der Waals surface area contributed by atoms with E-state index in [9.17, 15) is 9.59 Å². The molecule has 3 saturated carbocycles. The second-order valence-electron chi connectivity index (χ2n) is 12.4. The Balaban J connectivity index is 1.46. The van der Waals surface area contributed by atoms with Crippen LogP contribution in [0.25, 0.3) is 0 Å². The van der Waals surface area contributed by atoms with Crippen LogP contribution in [0.15, 0.2) is 23.8 Å². The molecule has 4 aliphatic carbocycles. The summed E-state index contributed by atoms with van der Waals surface area (Å²) >= 11 is 0. The highest BCUT2D eigenvalue weighted by Crippen LogP contribution is 2.80. The number of Topliss-reactive ketones (excluding diaryl/α,β-unsaturated/α-hetero) is 1. The molecular weight excluding hydrogens is 384 g/mol. The molecule has 1 aliphatic heterocycles. The third kappa shape index (κ3) is 2.62. The Kier molecular flexibility index (Phi) is 4.64. The van der Waals surface area contributed by atoms with Crippen molar-refractivity contribution in [3.8, 4) is 0 Å². The molecule has 0 aromatic heterocycles. The van der Waals surface area contributed by atoms with Crippen molar-refractivity contribution in [2.24, 2.45) is 40.4 Å². The lowest BCUT2D eigenvalue weighted by molar-refractivity contribution is -0.127. The molecule has 170 valence electrons. The number of allylic oxidation sites excluding steroid dienone is 3. The summed E-state index contributed by atoms with van der Waals surface area (Å²) in [6, 6.07) is 0. The third-order valence-electron chi connectivity index (χ3n) is 10.8. The van der Waals surface area contributed by atoms with Crippen molar-refractivity contribution in [2.75, 3.05) is 0 Å². The summed E-state index contributed by atoms with van der Waals surface area (Å²) in [7, 11) is 0. The van der Waals surface area contributed by atoms with Gasteiger partial charge in [0.15, 0.2) is 11.6 Å². The van der Waals surface area contributed by atoms with Crippen molar-refractivity contribution >= 4 is 11.6 Å². The lowest BCUT2D eigenvalue weighted by atomic mass is 9.46. The number of ether oxygens (including phenoxy) is 1. The monoisotopic (exact) mass is 424 g/mol. The van der Waals surface area contributed by atoms with Gasteiger partial charge in [-0.25, -0.2) is 0 Å². The zero-order valence-corrected chi connectivity index (χ0v) is 20.3. The molecule has 0 radical (unpaired) electrons. The van der Waals surface area contributed by atoms with Crippen LogP contribution in [-0.4, -0.2) is 22.8 Å². The standard InChI is InChI=1S/C28H40O3/c1-17(2)18(3)7-8-19(4)21-10-14-28-26(21,6)13-11-24-25(5)12-9-20(29)15-22(25)23(30)16-27(24,28)31-28/h7-8,15,17-19,21,24H,9-14,16H2,1-6H3/b8-7+/t18-,19+,21+,24+,25-,26+,27?,28?/m0/s1. The van der Waals surface area contributed by atoms with Gasteiger partial charge in [0.05, 0.1) is 0 Å². The Morgan fingerprint density at radius 1 is 1.03 bits per heavy atom. The van der Waals surface area contributed by atoms with Crippen LogP contribution in [0.5, 0.6) is 0 Å². The van der Waals surface area contributed by atoms with Gasteiger partial charge in [-0.3, -0.25) is 9.59 Å². The highest BCUT2D eigenvalue weighted by Gasteiger charge is 2.86. The number of ketones is 2. The average Bonchev–Trinajstić information content (AvgIpc) is 3.26. The van der Waals surface area contributed by atoms with Crippen molar-refractivity contribution in [3.05, 3.63) is 23.8 Å². The third-order valence-corrected chi connectivity index (χ3v) is 10.8. The second kappa shape index (κ2) is 6.65. The quantitative estimate of drug-likeness (QED) is 0.406. The minimum Gasteiger partial charge on any atom is -0.361 e. The van der Waals surface area contributed by atoms with Crippen LogP contribution in [0.4, 0.5) is 0 Å². The minimum atomic E-state index is -0.285. The van der Waals surface area contributed by atoms with Crippen LogP contribution in [0, 0.1) is 40.4 Å². The van der Waals surface area contributed by atoms with Crippen molar-refractivity contribution in [3.63, 3.8) is 0 Å². The zero-order valence-electron chi connectivity index (χ0n) is 20.3. The Bertz CT molecular complexity index is 883. The summed E-state index contributed by atoms with van der Waals surface area (Å²) in [6.07, 6.45) is 13.0. The molecule has 1 heterocycles. The summed E-state index contributed by atoms with van der Waals surface area (Å²) in [5.74, 6) is 3.07. The first-order valence-electron chi connectivity index (χ1n) is 12.7. The van der Waals surface area contributed by atoms with Crippen molar-refractivity contribution < 1.29 is 14.3 Å². The van der Waals surface area contributed by atoms with Crippen LogP contribution < -0.4 is 0 Å². The highest BCUT2D eigenvalue weighted by molar-refractivity contribution is 6.06. The van der Waals surface area contributed by atoms with E-state index in [4.69, 9.17) is 4.74 Å². The van der Waals surface area contributed by atoms with Gasteiger partial charge in [0, 0.05) is 35.2 Å². The predicted molar refractivity (Wildman–Crippen MR) is 122 cm³/mol. The van der Waals surface area contributed by atoms with Gasteiger partial charge >= 0.3 is 0 Å². The molecule has 1 saturated heterocycles. The lowest BCUT2D eigenvalue weighted by Gasteiger charge is -2.54. The Morgan fingerprint density at radius 2 is 1.77 bits per heavy atom. The molecule has 2 spiro atoms. The van der Waals surface area contributed by atoms with E-state index in [0.29, 0.717) is 42.4 Å². The number of hydrogen-bond acceptors (Lipinski definition) is 3. The van der Waals surface area contributed by atoms with Crippen LogP contribution in [0.2, 0.25) is 0 Å². The van der Waals surface area contributed by atoms with Crippen molar-refractivity contribution in [1.29, 1.82) is 0 Å². The first-order chi connectivity index (χ1) is 14.5. The van der Waals surface area contributed by atoms with E-state index in [1.54, 1.807) is 6.08 Å². The number of fused-ring (bicyclic) bond motifs is 2. The summed E-state index contributed by atoms with van der Waals surface area (Å²) in [5, 5.41) is 0. The first-order valence-corrected chi connectivity index (χ1v) is 12.7. The van der Waals surface area contributed by atoms with E-state index >= 15 is 0 Å². The molecule has 3 heteroatoms. The molecular formula is C28H40O3. The molecule has 5 rings (SSSR count). The van der Waals surface area contributed by atoms with Gasteiger partial charge in [-0.05, 0) is 61.9 Å². The molecule has 0 N–H and O–H groups in total. The molecule has 31 heavy (non-hydrogen) atoms. The fourth-order valence-corrected chi connectivity index (χ4v) is 8.52. The van der Waals surface area contributed by atoms with Gasteiger partial charge in [-0.2, -0.15) is 0 Å². The molecule has 3 nitrogen and oxygen atoms in total. The van der Waals surface area contributed by atoms with Gasteiger partial charge in [-0.15, -0.1) is 0 Å². The Hall–Kier alpha value is -1.22. The fraction of sp³-hybridized carbons (Fsp3) is 0.786.